The summed E-state index contributed by atoms with van der Waals surface area (Å²) in [6, 6.07) is 8.99. The van der Waals surface area contributed by atoms with E-state index in [1.165, 1.54) is 18.5 Å². The molecule has 0 saturated carbocycles. The standard InChI is InChI=1S/C15H24N2O/c1-3-15(17-9-8-12(10-16)11-17)13-4-6-14(18-2)7-5-13/h4-7,12,15H,3,8-11,16H2,1-2H3. The quantitative estimate of drug-likeness (QED) is 0.869. The molecule has 0 bridgehead atoms. The van der Waals surface area contributed by atoms with E-state index in [1.807, 2.05) is 0 Å². The molecule has 1 aliphatic rings. The number of likely N-dealkylation sites (tertiary alicyclic amines) is 1. The molecular formula is C15H24N2O. The van der Waals surface area contributed by atoms with Gasteiger partial charge < -0.3 is 10.5 Å². The van der Waals surface area contributed by atoms with Crippen LogP contribution in [0, 0.1) is 5.92 Å². The van der Waals surface area contributed by atoms with Gasteiger partial charge in [-0.05, 0) is 49.5 Å². The van der Waals surface area contributed by atoms with Gasteiger partial charge in [-0.15, -0.1) is 0 Å². The SMILES string of the molecule is CCC(c1ccc(OC)cc1)N1CCC(CN)C1. The van der Waals surface area contributed by atoms with Gasteiger partial charge in [-0.25, -0.2) is 0 Å². The molecule has 1 fully saturated rings. The van der Waals surface area contributed by atoms with Crippen molar-refractivity contribution in [2.75, 3.05) is 26.7 Å². The van der Waals surface area contributed by atoms with Crippen LogP contribution in [0.1, 0.15) is 31.4 Å². The van der Waals surface area contributed by atoms with Gasteiger partial charge in [-0.3, -0.25) is 4.90 Å². The Kier molecular flexibility index (Phi) is 4.61. The largest absolute Gasteiger partial charge is 0.497 e. The predicted octanol–water partition coefficient (Wildman–Crippen LogP) is 2.43. The molecule has 0 aliphatic carbocycles. The van der Waals surface area contributed by atoms with Crippen LogP contribution in [-0.4, -0.2) is 31.6 Å². The minimum atomic E-state index is 0.521. The number of nitrogens with zero attached hydrogens (tertiary/aromatic N) is 1. The first-order valence-electron chi connectivity index (χ1n) is 6.86. The second-order valence-electron chi connectivity index (χ2n) is 5.08. The Morgan fingerprint density at radius 3 is 2.61 bits per heavy atom. The summed E-state index contributed by atoms with van der Waals surface area (Å²) in [7, 11) is 1.71. The normalized spacial score (nSPS) is 22.1. The van der Waals surface area contributed by atoms with Crippen molar-refractivity contribution in [3.05, 3.63) is 29.8 Å². The molecule has 2 rings (SSSR count). The van der Waals surface area contributed by atoms with Gasteiger partial charge in [0.25, 0.3) is 0 Å². The maximum absolute atomic E-state index is 5.77. The van der Waals surface area contributed by atoms with Gasteiger partial charge in [0.2, 0.25) is 0 Å². The number of benzene rings is 1. The molecule has 3 nitrogen and oxygen atoms in total. The summed E-state index contributed by atoms with van der Waals surface area (Å²) in [5, 5.41) is 0. The van der Waals surface area contributed by atoms with E-state index in [4.69, 9.17) is 10.5 Å². The summed E-state index contributed by atoms with van der Waals surface area (Å²) < 4.78 is 5.21. The average Bonchev–Trinajstić information content (AvgIpc) is 2.89. The van der Waals surface area contributed by atoms with Crippen molar-refractivity contribution in [2.24, 2.45) is 11.7 Å². The van der Waals surface area contributed by atoms with Crippen LogP contribution in [0.25, 0.3) is 0 Å². The molecule has 1 saturated heterocycles. The number of nitrogens with two attached hydrogens (primary N) is 1. The van der Waals surface area contributed by atoms with Crippen LogP contribution in [0.4, 0.5) is 0 Å². The Bertz CT molecular complexity index is 363. The van der Waals surface area contributed by atoms with Gasteiger partial charge in [0.15, 0.2) is 0 Å². The molecule has 2 N–H and O–H groups in total. The number of hydrogen-bond donors (Lipinski definition) is 1. The highest BCUT2D eigenvalue weighted by molar-refractivity contribution is 5.29. The molecule has 0 spiro atoms. The Hall–Kier alpha value is -1.06. The third-order valence-electron chi connectivity index (χ3n) is 3.98. The van der Waals surface area contributed by atoms with Crippen molar-refractivity contribution in [2.45, 2.75) is 25.8 Å². The smallest absolute Gasteiger partial charge is 0.118 e. The highest BCUT2D eigenvalue weighted by atomic mass is 16.5. The summed E-state index contributed by atoms with van der Waals surface area (Å²) >= 11 is 0. The lowest BCUT2D eigenvalue weighted by molar-refractivity contribution is 0.231. The van der Waals surface area contributed by atoms with Crippen molar-refractivity contribution in [3.63, 3.8) is 0 Å². The molecule has 1 aromatic carbocycles. The van der Waals surface area contributed by atoms with E-state index in [0.29, 0.717) is 12.0 Å². The summed E-state index contributed by atoms with van der Waals surface area (Å²) in [4.78, 5) is 2.57. The van der Waals surface area contributed by atoms with Crippen LogP contribution < -0.4 is 10.5 Å². The zero-order valence-electron chi connectivity index (χ0n) is 11.4. The minimum Gasteiger partial charge on any atom is -0.497 e. The van der Waals surface area contributed by atoms with Crippen molar-refractivity contribution < 1.29 is 4.74 Å². The summed E-state index contributed by atoms with van der Waals surface area (Å²) in [6.45, 7) is 5.38. The number of methoxy groups -OCH3 is 1. The maximum Gasteiger partial charge on any atom is 0.118 e. The van der Waals surface area contributed by atoms with Crippen molar-refractivity contribution in [1.82, 2.24) is 4.90 Å². The Balaban J connectivity index is 2.08. The zero-order valence-corrected chi connectivity index (χ0v) is 11.4. The van der Waals surface area contributed by atoms with Gasteiger partial charge in [0.1, 0.15) is 5.75 Å². The first-order chi connectivity index (χ1) is 8.78. The van der Waals surface area contributed by atoms with Crippen LogP contribution in [-0.2, 0) is 0 Å². The van der Waals surface area contributed by atoms with Gasteiger partial charge in [0, 0.05) is 12.6 Å². The molecule has 0 amide bonds. The Labute approximate surface area is 110 Å². The summed E-state index contributed by atoms with van der Waals surface area (Å²) in [5.41, 5.74) is 7.16. The number of hydrogen-bond acceptors (Lipinski definition) is 3. The molecule has 18 heavy (non-hydrogen) atoms. The van der Waals surface area contributed by atoms with Crippen molar-refractivity contribution in [1.29, 1.82) is 0 Å². The third kappa shape index (κ3) is 2.85. The molecule has 1 aromatic rings. The van der Waals surface area contributed by atoms with E-state index >= 15 is 0 Å². The first-order valence-corrected chi connectivity index (χ1v) is 6.86. The highest BCUT2D eigenvalue weighted by Gasteiger charge is 2.27. The zero-order chi connectivity index (χ0) is 13.0. The van der Waals surface area contributed by atoms with Crippen LogP contribution in [0.5, 0.6) is 5.75 Å². The second kappa shape index (κ2) is 6.21. The number of ether oxygens (including phenoxy) is 1. The van der Waals surface area contributed by atoms with E-state index in [2.05, 4.69) is 36.1 Å². The molecular weight excluding hydrogens is 224 g/mol. The maximum atomic E-state index is 5.77. The predicted molar refractivity (Wildman–Crippen MR) is 74.8 cm³/mol. The van der Waals surface area contributed by atoms with Crippen molar-refractivity contribution >= 4 is 0 Å². The molecule has 2 atom stereocenters. The van der Waals surface area contributed by atoms with E-state index in [9.17, 15) is 0 Å². The number of rotatable bonds is 5. The molecule has 0 radical (unpaired) electrons. The fourth-order valence-electron chi connectivity index (χ4n) is 2.87. The topological polar surface area (TPSA) is 38.5 Å². The Morgan fingerprint density at radius 1 is 1.39 bits per heavy atom. The average molecular weight is 248 g/mol. The highest BCUT2D eigenvalue weighted by Crippen LogP contribution is 2.30. The van der Waals surface area contributed by atoms with Crippen LogP contribution in [0.2, 0.25) is 0 Å². The molecule has 3 heteroatoms. The lowest BCUT2D eigenvalue weighted by Crippen LogP contribution is -2.27. The van der Waals surface area contributed by atoms with E-state index < -0.39 is 0 Å². The molecule has 100 valence electrons. The van der Waals surface area contributed by atoms with Crippen LogP contribution in [0.3, 0.4) is 0 Å². The lowest BCUT2D eigenvalue weighted by Gasteiger charge is -2.27. The third-order valence-corrected chi connectivity index (χ3v) is 3.98. The van der Waals surface area contributed by atoms with Crippen LogP contribution >= 0.6 is 0 Å². The fraction of sp³-hybridized carbons (Fsp3) is 0.600. The molecule has 1 aliphatic heterocycles. The lowest BCUT2D eigenvalue weighted by atomic mass is 10.0. The Morgan fingerprint density at radius 2 is 2.11 bits per heavy atom. The van der Waals surface area contributed by atoms with E-state index in [-0.39, 0.29) is 0 Å². The summed E-state index contributed by atoms with van der Waals surface area (Å²) in [5.74, 6) is 1.60. The van der Waals surface area contributed by atoms with Gasteiger partial charge in [-0.2, -0.15) is 0 Å². The second-order valence-corrected chi connectivity index (χ2v) is 5.08. The summed E-state index contributed by atoms with van der Waals surface area (Å²) in [6.07, 6.45) is 2.38. The van der Waals surface area contributed by atoms with Crippen LogP contribution in [0.15, 0.2) is 24.3 Å². The first kappa shape index (κ1) is 13.4. The van der Waals surface area contributed by atoms with Gasteiger partial charge in [0.05, 0.1) is 7.11 Å². The van der Waals surface area contributed by atoms with Gasteiger partial charge >= 0.3 is 0 Å². The van der Waals surface area contributed by atoms with E-state index in [0.717, 1.165) is 25.3 Å². The van der Waals surface area contributed by atoms with Crippen molar-refractivity contribution in [3.8, 4) is 5.75 Å². The molecule has 1 heterocycles. The van der Waals surface area contributed by atoms with E-state index in [1.54, 1.807) is 7.11 Å². The van der Waals surface area contributed by atoms with Gasteiger partial charge in [-0.1, -0.05) is 19.1 Å². The monoisotopic (exact) mass is 248 g/mol. The fourth-order valence-corrected chi connectivity index (χ4v) is 2.87. The molecule has 2 unspecified atom stereocenters. The minimum absolute atomic E-state index is 0.521. The molecule has 0 aromatic heterocycles.